The molecule has 0 unspecified atom stereocenters. The van der Waals surface area contributed by atoms with Gasteiger partial charge in [0.25, 0.3) is 5.91 Å². The molecule has 3 aromatic rings. The predicted molar refractivity (Wildman–Crippen MR) is 92.0 cm³/mol. The Morgan fingerprint density at radius 1 is 1.00 bits per heavy atom. The molecule has 0 aliphatic carbocycles. The summed E-state index contributed by atoms with van der Waals surface area (Å²) in [6.45, 7) is 0.454. The van der Waals surface area contributed by atoms with Gasteiger partial charge in [-0.05, 0) is 17.7 Å². The molecule has 1 aromatic heterocycles. The molecule has 0 fully saturated rings. The number of amides is 1. The molecule has 2 aromatic carbocycles. The molecule has 1 heterocycles. The van der Waals surface area contributed by atoms with Gasteiger partial charge in [0.15, 0.2) is 0 Å². The Bertz CT molecular complexity index is 807. The lowest BCUT2D eigenvalue weighted by Gasteiger charge is -2.22. The van der Waals surface area contributed by atoms with Gasteiger partial charge < -0.3 is 9.64 Å². The van der Waals surface area contributed by atoms with E-state index in [9.17, 15) is 4.79 Å². The van der Waals surface area contributed by atoms with Crippen LogP contribution in [0, 0.1) is 0 Å². The summed E-state index contributed by atoms with van der Waals surface area (Å²) < 4.78 is 5.09. The van der Waals surface area contributed by atoms with Crippen molar-refractivity contribution in [2.75, 3.05) is 12.0 Å². The highest BCUT2D eigenvalue weighted by atomic mass is 16.5. The van der Waals surface area contributed by atoms with Gasteiger partial charge in [0.2, 0.25) is 5.88 Å². The van der Waals surface area contributed by atoms with Crippen LogP contribution in [-0.4, -0.2) is 23.0 Å². The topological polar surface area (TPSA) is 55.3 Å². The van der Waals surface area contributed by atoms with E-state index >= 15 is 0 Å². The molecular weight excluding hydrogens is 302 g/mol. The quantitative estimate of drug-likeness (QED) is 0.724. The maximum Gasteiger partial charge on any atom is 0.277 e. The average Bonchev–Trinajstić information content (AvgIpc) is 2.67. The fourth-order valence-corrected chi connectivity index (χ4v) is 2.36. The SMILES string of the molecule is COc1cc(C(=O)N(Cc2ccccc2)c2ccccc2)ncn1. The lowest BCUT2D eigenvalue weighted by Crippen LogP contribution is -2.31. The number of hydrogen-bond donors (Lipinski definition) is 0. The van der Waals surface area contributed by atoms with Crippen LogP contribution in [0.4, 0.5) is 5.69 Å². The van der Waals surface area contributed by atoms with Crippen LogP contribution >= 0.6 is 0 Å². The van der Waals surface area contributed by atoms with Crippen molar-refractivity contribution in [1.82, 2.24) is 9.97 Å². The third-order valence-electron chi connectivity index (χ3n) is 3.57. The predicted octanol–water partition coefficient (Wildman–Crippen LogP) is 3.33. The normalized spacial score (nSPS) is 10.2. The van der Waals surface area contributed by atoms with Crippen LogP contribution in [0.3, 0.4) is 0 Å². The second kappa shape index (κ2) is 7.37. The van der Waals surface area contributed by atoms with Crippen molar-refractivity contribution in [3.05, 3.63) is 84.3 Å². The first kappa shape index (κ1) is 15.7. The smallest absolute Gasteiger partial charge is 0.277 e. The van der Waals surface area contributed by atoms with Crippen molar-refractivity contribution >= 4 is 11.6 Å². The van der Waals surface area contributed by atoms with E-state index in [1.807, 2.05) is 60.7 Å². The zero-order chi connectivity index (χ0) is 16.8. The van der Waals surface area contributed by atoms with E-state index in [0.717, 1.165) is 11.3 Å². The third-order valence-corrected chi connectivity index (χ3v) is 3.57. The van der Waals surface area contributed by atoms with Crippen LogP contribution in [0.5, 0.6) is 5.88 Å². The molecule has 0 bridgehead atoms. The van der Waals surface area contributed by atoms with E-state index in [1.165, 1.54) is 13.4 Å². The number of aromatic nitrogens is 2. The van der Waals surface area contributed by atoms with Gasteiger partial charge in [-0.1, -0.05) is 48.5 Å². The molecular formula is C19H17N3O2. The number of carbonyl (C=O) groups excluding carboxylic acids is 1. The van der Waals surface area contributed by atoms with Gasteiger partial charge in [0, 0.05) is 11.8 Å². The summed E-state index contributed by atoms with van der Waals surface area (Å²) in [5, 5.41) is 0. The Labute approximate surface area is 140 Å². The molecule has 5 heteroatoms. The zero-order valence-electron chi connectivity index (χ0n) is 13.3. The first-order valence-electron chi connectivity index (χ1n) is 7.55. The van der Waals surface area contributed by atoms with E-state index in [0.29, 0.717) is 18.1 Å². The van der Waals surface area contributed by atoms with Gasteiger partial charge in [-0.15, -0.1) is 0 Å². The van der Waals surface area contributed by atoms with Gasteiger partial charge >= 0.3 is 0 Å². The van der Waals surface area contributed by atoms with E-state index in [1.54, 1.807) is 11.0 Å². The van der Waals surface area contributed by atoms with E-state index < -0.39 is 0 Å². The fraction of sp³-hybridized carbons (Fsp3) is 0.105. The maximum atomic E-state index is 13.0. The van der Waals surface area contributed by atoms with Crippen molar-refractivity contribution in [3.63, 3.8) is 0 Å². The van der Waals surface area contributed by atoms with Gasteiger partial charge in [-0.3, -0.25) is 4.79 Å². The van der Waals surface area contributed by atoms with E-state index in [2.05, 4.69) is 9.97 Å². The Morgan fingerprint density at radius 3 is 2.33 bits per heavy atom. The van der Waals surface area contributed by atoms with Crippen molar-refractivity contribution in [3.8, 4) is 5.88 Å². The standard InChI is InChI=1S/C19H17N3O2/c1-24-18-12-17(20-14-21-18)19(23)22(16-10-6-3-7-11-16)13-15-8-4-2-5-9-15/h2-12,14H,13H2,1H3. The highest BCUT2D eigenvalue weighted by molar-refractivity contribution is 6.04. The third kappa shape index (κ3) is 3.57. The number of anilines is 1. The van der Waals surface area contributed by atoms with E-state index in [-0.39, 0.29) is 5.91 Å². The molecule has 0 N–H and O–H groups in total. The first-order valence-corrected chi connectivity index (χ1v) is 7.55. The Balaban J connectivity index is 1.96. The average molecular weight is 319 g/mol. The highest BCUT2D eigenvalue weighted by Crippen LogP contribution is 2.20. The van der Waals surface area contributed by atoms with Gasteiger partial charge in [0.1, 0.15) is 12.0 Å². The molecule has 0 aliphatic rings. The molecule has 0 radical (unpaired) electrons. The summed E-state index contributed by atoms with van der Waals surface area (Å²) in [7, 11) is 1.51. The lowest BCUT2D eigenvalue weighted by molar-refractivity contribution is 0.0979. The number of ether oxygens (including phenoxy) is 1. The number of rotatable bonds is 5. The maximum absolute atomic E-state index is 13.0. The largest absolute Gasteiger partial charge is 0.481 e. The lowest BCUT2D eigenvalue weighted by atomic mass is 10.2. The number of nitrogens with zero attached hydrogens (tertiary/aromatic N) is 3. The number of benzene rings is 2. The molecule has 0 spiro atoms. The molecule has 5 nitrogen and oxygen atoms in total. The number of para-hydroxylation sites is 1. The first-order chi connectivity index (χ1) is 11.8. The summed E-state index contributed by atoms with van der Waals surface area (Å²) in [6, 6.07) is 20.9. The van der Waals surface area contributed by atoms with Crippen LogP contribution in [0.2, 0.25) is 0 Å². The molecule has 3 rings (SSSR count). The summed E-state index contributed by atoms with van der Waals surface area (Å²) in [5.41, 5.74) is 2.14. The molecule has 0 saturated carbocycles. The summed E-state index contributed by atoms with van der Waals surface area (Å²) in [5.74, 6) is 0.159. The van der Waals surface area contributed by atoms with Gasteiger partial charge in [0.05, 0.1) is 13.7 Å². The second-order valence-corrected chi connectivity index (χ2v) is 5.16. The molecule has 0 aliphatic heterocycles. The number of hydrogen-bond acceptors (Lipinski definition) is 4. The van der Waals surface area contributed by atoms with Crippen molar-refractivity contribution in [2.45, 2.75) is 6.54 Å². The molecule has 0 saturated heterocycles. The Morgan fingerprint density at radius 2 is 1.67 bits per heavy atom. The van der Waals surface area contributed by atoms with Crippen LogP contribution in [-0.2, 0) is 6.54 Å². The van der Waals surface area contributed by atoms with Crippen molar-refractivity contribution in [1.29, 1.82) is 0 Å². The molecule has 0 atom stereocenters. The van der Waals surface area contributed by atoms with Crippen molar-refractivity contribution < 1.29 is 9.53 Å². The van der Waals surface area contributed by atoms with Crippen LogP contribution < -0.4 is 9.64 Å². The minimum atomic E-state index is -0.203. The monoisotopic (exact) mass is 319 g/mol. The Kier molecular flexibility index (Phi) is 4.81. The Hall–Kier alpha value is -3.21. The summed E-state index contributed by atoms with van der Waals surface area (Å²) >= 11 is 0. The zero-order valence-corrected chi connectivity index (χ0v) is 13.3. The molecule has 24 heavy (non-hydrogen) atoms. The van der Waals surface area contributed by atoms with Crippen LogP contribution in [0.1, 0.15) is 16.1 Å². The van der Waals surface area contributed by atoms with Crippen LogP contribution in [0.25, 0.3) is 0 Å². The van der Waals surface area contributed by atoms with Gasteiger partial charge in [-0.2, -0.15) is 0 Å². The second-order valence-electron chi connectivity index (χ2n) is 5.16. The fourth-order valence-electron chi connectivity index (χ4n) is 2.36. The van der Waals surface area contributed by atoms with Crippen molar-refractivity contribution in [2.24, 2.45) is 0 Å². The van der Waals surface area contributed by atoms with Crippen LogP contribution in [0.15, 0.2) is 73.1 Å². The number of methoxy groups -OCH3 is 1. The summed E-state index contributed by atoms with van der Waals surface area (Å²) in [4.78, 5) is 22.7. The van der Waals surface area contributed by atoms with E-state index in [4.69, 9.17) is 4.74 Å². The molecule has 1 amide bonds. The number of carbonyl (C=O) groups is 1. The minimum Gasteiger partial charge on any atom is -0.481 e. The highest BCUT2D eigenvalue weighted by Gasteiger charge is 2.20. The molecule has 120 valence electrons. The summed E-state index contributed by atoms with van der Waals surface area (Å²) in [6.07, 6.45) is 1.33. The van der Waals surface area contributed by atoms with Gasteiger partial charge in [-0.25, -0.2) is 9.97 Å². The minimum absolute atomic E-state index is 0.203.